The number of rotatable bonds is 12. The summed E-state index contributed by atoms with van der Waals surface area (Å²) >= 11 is 0. The first-order valence-corrected chi connectivity index (χ1v) is 7.92. The highest BCUT2D eigenvalue weighted by Gasteiger charge is 2.29. The molecule has 0 aromatic carbocycles. The molecule has 0 aliphatic carbocycles. The van der Waals surface area contributed by atoms with Gasteiger partial charge in [-0.3, -0.25) is 14.5 Å². The Morgan fingerprint density at radius 1 is 1.23 bits per heavy atom. The molecule has 1 amide bonds. The van der Waals surface area contributed by atoms with Gasteiger partial charge in [0.15, 0.2) is 0 Å². The minimum atomic E-state index is -0.123. The second-order valence-corrected chi connectivity index (χ2v) is 5.39. The number of aliphatic hydroxyl groups is 1. The van der Waals surface area contributed by atoms with Crippen molar-refractivity contribution in [3.63, 3.8) is 0 Å². The average Bonchev–Trinajstić information content (AvgIpc) is 2.93. The maximum Gasteiger partial charge on any atom is 0.237 e. The Hall–Kier alpha value is -1.02. The van der Waals surface area contributed by atoms with E-state index in [1.165, 1.54) is 6.92 Å². The van der Waals surface area contributed by atoms with Crippen LogP contribution in [0.1, 0.15) is 26.2 Å². The largest absolute Gasteiger partial charge is 0.395 e. The maximum atomic E-state index is 12.0. The molecule has 1 aliphatic heterocycles. The van der Waals surface area contributed by atoms with Gasteiger partial charge in [-0.05, 0) is 26.3 Å². The molecule has 2 N–H and O–H groups in total. The van der Waals surface area contributed by atoms with Crippen LogP contribution in [0.4, 0.5) is 0 Å². The van der Waals surface area contributed by atoms with E-state index in [2.05, 4.69) is 5.32 Å². The molecular formula is C15H28N2O5. The number of likely N-dealkylation sites (tertiary alicyclic amines) is 1. The van der Waals surface area contributed by atoms with Crippen molar-refractivity contribution in [1.29, 1.82) is 0 Å². The molecule has 0 aromatic heterocycles. The number of ether oxygens (including phenoxy) is 2. The molecule has 128 valence electrons. The van der Waals surface area contributed by atoms with Gasteiger partial charge >= 0.3 is 0 Å². The van der Waals surface area contributed by atoms with Gasteiger partial charge in [0.2, 0.25) is 5.91 Å². The van der Waals surface area contributed by atoms with Gasteiger partial charge in [-0.1, -0.05) is 0 Å². The summed E-state index contributed by atoms with van der Waals surface area (Å²) in [4.78, 5) is 24.7. The van der Waals surface area contributed by atoms with E-state index in [9.17, 15) is 9.59 Å². The lowest BCUT2D eigenvalue weighted by Gasteiger charge is -2.22. The van der Waals surface area contributed by atoms with E-state index in [0.29, 0.717) is 45.9 Å². The molecule has 1 rings (SSSR count). The fourth-order valence-corrected chi connectivity index (χ4v) is 2.42. The first-order valence-electron chi connectivity index (χ1n) is 7.92. The number of aliphatic hydroxyl groups excluding tert-OH is 1. The topological polar surface area (TPSA) is 88.1 Å². The van der Waals surface area contributed by atoms with E-state index in [1.54, 1.807) is 0 Å². The van der Waals surface area contributed by atoms with Crippen molar-refractivity contribution in [2.75, 3.05) is 52.7 Å². The number of β-amino-alcohol motifs (C(OH)–C–C–N with tert-alkyl or cyclic N) is 1. The van der Waals surface area contributed by atoms with Gasteiger partial charge in [-0.2, -0.15) is 0 Å². The summed E-state index contributed by atoms with van der Waals surface area (Å²) in [6, 6.07) is -0.123. The van der Waals surface area contributed by atoms with E-state index in [-0.39, 0.29) is 24.3 Å². The number of hydrogen-bond acceptors (Lipinski definition) is 6. The standard InChI is InChI=1S/C15H28N2O5/c1-13(19)4-9-21-11-12-22-10-5-16-15(20)14-3-2-6-17(14)7-8-18/h14,18H,2-12H2,1H3,(H,16,20)/t14-/m0/s1. The fraction of sp³-hybridized carbons (Fsp3) is 0.867. The van der Waals surface area contributed by atoms with Crippen molar-refractivity contribution in [2.24, 2.45) is 0 Å². The van der Waals surface area contributed by atoms with Crippen LogP contribution in [0.3, 0.4) is 0 Å². The highest BCUT2D eigenvalue weighted by atomic mass is 16.5. The molecule has 22 heavy (non-hydrogen) atoms. The molecule has 0 spiro atoms. The van der Waals surface area contributed by atoms with Crippen LogP contribution in [0.5, 0.6) is 0 Å². The van der Waals surface area contributed by atoms with Gasteiger partial charge in [0.05, 0.1) is 39.1 Å². The van der Waals surface area contributed by atoms with Gasteiger partial charge in [0.1, 0.15) is 5.78 Å². The molecule has 0 aromatic rings. The summed E-state index contributed by atoms with van der Waals surface area (Å²) in [6.07, 6.45) is 2.27. The SMILES string of the molecule is CC(=O)CCOCCOCCNC(=O)[C@@H]1CCCN1CCO. The molecule has 0 radical (unpaired) electrons. The second-order valence-electron chi connectivity index (χ2n) is 5.39. The first-order chi connectivity index (χ1) is 10.6. The molecule has 0 saturated carbocycles. The number of carbonyl (C=O) groups is 2. The van der Waals surface area contributed by atoms with Crippen molar-refractivity contribution >= 4 is 11.7 Å². The van der Waals surface area contributed by atoms with E-state index in [4.69, 9.17) is 14.6 Å². The second kappa shape index (κ2) is 11.5. The molecule has 1 atom stereocenters. The Labute approximate surface area is 131 Å². The monoisotopic (exact) mass is 316 g/mol. The molecule has 1 fully saturated rings. The van der Waals surface area contributed by atoms with E-state index in [0.717, 1.165) is 19.4 Å². The molecule has 7 nitrogen and oxygen atoms in total. The third kappa shape index (κ3) is 7.84. The van der Waals surface area contributed by atoms with Gasteiger partial charge in [-0.25, -0.2) is 0 Å². The van der Waals surface area contributed by atoms with Gasteiger partial charge in [0, 0.05) is 19.5 Å². The van der Waals surface area contributed by atoms with Crippen molar-refractivity contribution < 1.29 is 24.2 Å². The van der Waals surface area contributed by atoms with Crippen molar-refractivity contribution in [2.45, 2.75) is 32.2 Å². The highest BCUT2D eigenvalue weighted by molar-refractivity contribution is 5.82. The van der Waals surface area contributed by atoms with Crippen molar-refractivity contribution in [3.05, 3.63) is 0 Å². The quantitative estimate of drug-likeness (QED) is 0.475. The van der Waals surface area contributed by atoms with Gasteiger partial charge in [0.25, 0.3) is 0 Å². The van der Waals surface area contributed by atoms with Crippen LogP contribution in [0.25, 0.3) is 0 Å². The van der Waals surface area contributed by atoms with E-state index in [1.807, 2.05) is 4.90 Å². The number of hydrogen-bond donors (Lipinski definition) is 2. The molecule has 1 saturated heterocycles. The third-order valence-corrected chi connectivity index (χ3v) is 3.57. The van der Waals surface area contributed by atoms with E-state index < -0.39 is 0 Å². The third-order valence-electron chi connectivity index (χ3n) is 3.57. The molecular weight excluding hydrogens is 288 g/mol. The van der Waals surface area contributed by atoms with Crippen LogP contribution in [0.15, 0.2) is 0 Å². The zero-order valence-electron chi connectivity index (χ0n) is 13.4. The van der Waals surface area contributed by atoms with Crippen molar-refractivity contribution in [3.8, 4) is 0 Å². The lowest BCUT2D eigenvalue weighted by molar-refractivity contribution is -0.125. The van der Waals surface area contributed by atoms with Crippen LogP contribution < -0.4 is 5.32 Å². The maximum absolute atomic E-state index is 12.0. The van der Waals surface area contributed by atoms with Crippen LogP contribution in [-0.2, 0) is 19.1 Å². The van der Waals surface area contributed by atoms with Crippen LogP contribution in [-0.4, -0.2) is 80.4 Å². The van der Waals surface area contributed by atoms with Gasteiger partial charge < -0.3 is 19.9 Å². The summed E-state index contributed by atoms with van der Waals surface area (Å²) in [5, 5.41) is 11.8. The lowest BCUT2D eigenvalue weighted by Crippen LogP contribution is -2.45. The summed E-state index contributed by atoms with van der Waals surface area (Å²) < 4.78 is 10.6. The number of amides is 1. The van der Waals surface area contributed by atoms with Crippen LogP contribution in [0.2, 0.25) is 0 Å². The number of nitrogens with one attached hydrogen (secondary N) is 1. The van der Waals surface area contributed by atoms with Crippen LogP contribution in [0, 0.1) is 0 Å². The minimum absolute atomic E-state index is 0.00672. The minimum Gasteiger partial charge on any atom is -0.395 e. The van der Waals surface area contributed by atoms with E-state index >= 15 is 0 Å². The predicted octanol–water partition coefficient (Wildman–Crippen LogP) is -0.428. The Balaban J connectivity index is 1.98. The smallest absolute Gasteiger partial charge is 0.237 e. The zero-order valence-corrected chi connectivity index (χ0v) is 13.4. The highest BCUT2D eigenvalue weighted by Crippen LogP contribution is 2.16. The molecule has 0 unspecified atom stereocenters. The molecule has 7 heteroatoms. The summed E-state index contributed by atoms with van der Waals surface area (Å²) in [5.74, 6) is 0.123. The Kier molecular flexibility index (Phi) is 9.98. The Bertz CT molecular complexity index is 338. The first kappa shape index (κ1) is 19.0. The molecule has 1 aliphatic rings. The number of nitrogens with zero attached hydrogens (tertiary/aromatic N) is 1. The average molecular weight is 316 g/mol. The number of ketones is 1. The Morgan fingerprint density at radius 2 is 1.95 bits per heavy atom. The summed E-state index contributed by atoms with van der Waals surface area (Å²) in [5.41, 5.74) is 0. The number of carbonyl (C=O) groups excluding carboxylic acids is 2. The van der Waals surface area contributed by atoms with Gasteiger partial charge in [-0.15, -0.1) is 0 Å². The predicted molar refractivity (Wildman–Crippen MR) is 81.6 cm³/mol. The number of Topliss-reactive ketones (excluding diaryl/α,β-unsaturated/α-hetero) is 1. The Morgan fingerprint density at radius 3 is 2.64 bits per heavy atom. The lowest BCUT2D eigenvalue weighted by atomic mass is 10.2. The molecule has 1 heterocycles. The zero-order chi connectivity index (χ0) is 16.2. The summed E-state index contributed by atoms with van der Waals surface area (Å²) in [6.45, 7) is 5.27. The van der Waals surface area contributed by atoms with Crippen LogP contribution >= 0.6 is 0 Å². The summed E-state index contributed by atoms with van der Waals surface area (Å²) in [7, 11) is 0. The fourth-order valence-electron chi connectivity index (χ4n) is 2.42. The van der Waals surface area contributed by atoms with Crippen molar-refractivity contribution in [1.82, 2.24) is 10.2 Å². The normalized spacial score (nSPS) is 18.5. The molecule has 0 bridgehead atoms.